The monoisotopic (exact) mass is 476 g/mol. The zero-order chi connectivity index (χ0) is 24.0. The van der Waals surface area contributed by atoms with Gasteiger partial charge >= 0.3 is 6.18 Å². The first-order valence-corrected chi connectivity index (χ1v) is 11.7. The zero-order valence-electron chi connectivity index (χ0n) is 19.2. The number of anilines is 2. The summed E-state index contributed by atoms with van der Waals surface area (Å²) in [5.41, 5.74) is 1.33. The van der Waals surface area contributed by atoms with Crippen molar-refractivity contribution in [2.24, 2.45) is 0 Å². The molecule has 2 fully saturated rings. The van der Waals surface area contributed by atoms with Gasteiger partial charge in [0.15, 0.2) is 0 Å². The summed E-state index contributed by atoms with van der Waals surface area (Å²) < 4.78 is 45.3. The molecule has 2 aromatic rings. The molecule has 1 N–H and O–H groups in total. The van der Waals surface area contributed by atoms with Crippen LogP contribution in [0.5, 0.6) is 0 Å². The van der Waals surface area contributed by atoms with Crippen LogP contribution in [-0.2, 0) is 22.1 Å². The molecule has 9 heteroatoms. The Balaban J connectivity index is 1.32. The molecule has 0 radical (unpaired) electrons. The molecule has 6 nitrogen and oxygen atoms in total. The molecule has 1 amide bonds. The van der Waals surface area contributed by atoms with Crippen molar-refractivity contribution >= 4 is 17.3 Å². The number of carbonyl (C=O) groups excluding carboxylic acids is 1. The Labute approximate surface area is 198 Å². The Bertz CT molecular complexity index is 941. The molecule has 0 unspecified atom stereocenters. The van der Waals surface area contributed by atoms with Crippen molar-refractivity contribution in [2.75, 3.05) is 75.8 Å². The van der Waals surface area contributed by atoms with Crippen molar-refractivity contribution in [2.45, 2.75) is 12.6 Å². The number of nitrogens with one attached hydrogen (secondary N) is 1. The number of carbonyl (C=O) groups is 1. The minimum atomic E-state index is -4.47. The molecule has 0 bridgehead atoms. The van der Waals surface area contributed by atoms with Crippen LogP contribution in [0.2, 0.25) is 0 Å². The summed E-state index contributed by atoms with van der Waals surface area (Å²) in [5, 5.41) is 2.75. The largest absolute Gasteiger partial charge is 0.416 e. The first kappa shape index (κ1) is 24.5. The number of ether oxygens (including phenoxy) is 1. The number of hydrogen-bond acceptors (Lipinski definition) is 5. The first-order valence-electron chi connectivity index (χ1n) is 11.7. The van der Waals surface area contributed by atoms with Gasteiger partial charge in [-0.1, -0.05) is 30.3 Å². The van der Waals surface area contributed by atoms with Crippen LogP contribution in [0.25, 0.3) is 0 Å². The molecule has 0 aliphatic carbocycles. The first-order chi connectivity index (χ1) is 16.4. The van der Waals surface area contributed by atoms with Gasteiger partial charge in [-0.15, -0.1) is 0 Å². The van der Waals surface area contributed by atoms with Gasteiger partial charge < -0.3 is 19.9 Å². The van der Waals surface area contributed by atoms with Crippen molar-refractivity contribution in [1.29, 1.82) is 0 Å². The maximum Gasteiger partial charge on any atom is 0.416 e. The Morgan fingerprint density at radius 1 is 0.912 bits per heavy atom. The molecule has 2 saturated heterocycles. The summed E-state index contributed by atoms with van der Waals surface area (Å²) in [7, 11) is 0. The van der Waals surface area contributed by atoms with Gasteiger partial charge in [0.25, 0.3) is 0 Å². The smallest absolute Gasteiger partial charge is 0.378 e. The van der Waals surface area contributed by atoms with Crippen LogP contribution < -0.4 is 10.2 Å². The normalized spacial score (nSPS) is 18.1. The number of halogens is 3. The van der Waals surface area contributed by atoms with Crippen LogP contribution in [0.3, 0.4) is 0 Å². The number of morpholine rings is 1. The van der Waals surface area contributed by atoms with Crippen LogP contribution in [0.15, 0.2) is 48.5 Å². The highest BCUT2D eigenvalue weighted by molar-refractivity contribution is 5.95. The van der Waals surface area contributed by atoms with Gasteiger partial charge in [0.2, 0.25) is 5.91 Å². The Morgan fingerprint density at radius 3 is 2.26 bits per heavy atom. The van der Waals surface area contributed by atoms with Gasteiger partial charge in [0.1, 0.15) is 0 Å². The standard InChI is InChI=1S/C25H31F3N4O2/c26-25(27,28)21-6-7-23(32-14-16-34-17-15-32)22(18-21)29-24(33)19-31-12-10-30(11-13-31)9-8-20-4-2-1-3-5-20/h1-7,18H,8-17,19H2,(H,29,33). The maximum absolute atomic E-state index is 13.3. The van der Waals surface area contributed by atoms with E-state index in [1.807, 2.05) is 23.1 Å². The fourth-order valence-electron chi connectivity index (χ4n) is 4.39. The lowest BCUT2D eigenvalue weighted by Gasteiger charge is -2.34. The van der Waals surface area contributed by atoms with E-state index in [1.165, 1.54) is 11.6 Å². The van der Waals surface area contributed by atoms with E-state index in [4.69, 9.17) is 4.74 Å². The summed E-state index contributed by atoms with van der Waals surface area (Å²) in [5.74, 6) is -0.299. The van der Waals surface area contributed by atoms with Crippen molar-refractivity contribution in [3.63, 3.8) is 0 Å². The molecule has 4 rings (SSSR count). The fraction of sp³-hybridized carbons (Fsp3) is 0.480. The Kier molecular flexibility index (Phi) is 8.07. The summed E-state index contributed by atoms with van der Waals surface area (Å²) in [6.07, 6.45) is -3.49. The zero-order valence-corrected chi connectivity index (χ0v) is 19.2. The lowest BCUT2D eigenvalue weighted by molar-refractivity contribution is -0.137. The maximum atomic E-state index is 13.3. The number of piperazine rings is 1. The van der Waals surface area contributed by atoms with Gasteiger partial charge in [-0.2, -0.15) is 13.2 Å². The third kappa shape index (κ3) is 6.71. The van der Waals surface area contributed by atoms with Gasteiger partial charge in [-0.25, -0.2) is 0 Å². The molecule has 2 aromatic carbocycles. The highest BCUT2D eigenvalue weighted by Gasteiger charge is 2.32. The number of rotatable bonds is 7. The van der Waals surface area contributed by atoms with Crippen LogP contribution in [0.4, 0.5) is 24.5 Å². The van der Waals surface area contributed by atoms with E-state index in [0.717, 1.165) is 51.3 Å². The second-order valence-electron chi connectivity index (χ2n) is 8.73. The van der Waals surface area contributed by atoms with Crippen LogP contribution in [0, 0.1) is 0 Å². The second kappa shape index (κ2) is 11.2. The van der Waals surface area contributed by atoms with Crippen molar-refractivity contribution < 1.29 is 22.7 Å². The lowest BCUT2D eigenvalue weighted by Crippen LogP contribution is -2.49. The molecule has 2 aliphatic rings. The topological polar surface area (TPSA) is 48.1 Å². The molecule has 0 saturated carbocycles. The average Bonchev–Trinajstić information content (AvgIpc) is 2.84. The Morgan fingerprint density at radius 2 is 1.59 bits per heavy atom. The van der Waals surface area contributed by atoms with Gasteiger partial charge in [-0.3, -0.25) is 9.69 Å². The molecule has 2 heterocycles. The predicted molar refractivity (Wildman–Crippen MR) is 126 cm³/mol. The van der Waals surface area contributed by atoms with Crippen LogP contribution in [0.1, 0.15) is 11.1 Å². The summed E-state index contributed by atoms with van der Waals surface area (Å²) in [6.45, 7) is 6.50. The van der Waals surface area contributed by atoms with E-state index in [-0.39, 0.29) is 18.1 Å². The molecular weight excluding hydrogens is 445 g/mol. The third-order valence-electron chi connectivity index (χ3n) is 6.34. The molecule has 0 aromatic heterocycles. The number of alkyl halides is 3. The van der Waals surface area contributed by atoms with E-state index in [0.29, 0.717) is 32.0 Å². The number of hydrogen-bond donors (Lipinski definition) is 1. The number of amides is 1. The molecular formula is C25H31F3N4O2. The van der Waals surface area contributed by atoms with Crippen molar-refractivity contribution in [3.8, 4) is 0 Å². The minimum absolute atomic E-state index is 0.158. The van der Waals surface area contributed by atoms with E-state index < -0.39 is 11.7 Å². The fourth-order valence-corrected chi connectivity index (χ4v) is 4.39. The van der Waals surface area contributed by atoms with Crippen molar-refractivity contribution in [1.82, 2.24) is 9.80 Å². The Hall–Kier alpha value is -2.62. The van der Waals surface area contributed by atoms with Crippen LogP contribution >= 0.6 is 0 Å². The number of nitrogens with zero attached hydrogens (tertiary/aromatic N) is 3. The summed E-state index contributed by atoms with van der Waals surface area (Å²) in [4.78, 5) is 19.2. The molecule has 34 heavy (non-hydrogen) atoms. The summed E-state index contributed by atoms with van der Waals surface area (Å²) in [6, 6.07) is 13.9. The van der Waals surface area contributed by atoms with Crippen LogP contribution in [-0.4, -0.2) is 81.3 Å². The van der Waals surface area contributed by atoms with Gasteiger partial charge in [0, 0.05) is 45.8 Å². The second-order valence-corrected chi connectivity index (χ2v) is 8.73. The predicted octanol–water partition coefficient (Wildman–Crippen LogP) is 3.34. The van der Waals surface area contributed by atoms with E-state index >= 15 is 0 Å². The van der Waals surface area contributed by atoms with Gasteiger partial charge in [0.05, 0.1) is 36.7 Å². The van der Waals surface area contributed by atoms with E-state index in [9.17, 15) is 18.0 Å². The minimum Gasteiger partial charge on any atom is -0.378 e. The van der Waals surface area contributed by atoms with E-state index in [1.54, 1.807) is 0 Å². The quantitative estimate of drug-likeness (QED) is 0.665. The molecule has 0 atom stereocenters. The number of benzene rings is 2. The average molecular weight is 477 g/mol. The highest BCUT2D eigenvalue weighted by atomic mass is 19.4. The third-order valence-corrected chi connectivity index (χ3v) is 6.34. The molecule has 2 aliphatic heterocycles. The summed E-state index contributed by atoms with van der Waals surface area (Å²) >= 11 is 0. The molecule has 184 valence electrons. The van der Waals surface area contributed by atoms with Crippen molar-refractivity contribution in [3.05, 3.63) is 59.7 Å². The van der Waals surface area contributed by atoms with E-state index in [2.05, 4.69) is 27.2 Å². The van der Waals surface area contributed by atoms with Gasteiger partial charge in [-0.05, 0) is 30.2 Å². The highest BCUT2D eigenvalue weighted by Crippen LogP contribution is 2.35. The molecule has 0 spiro atoms. The SMILES string of the molecule is O=C(CN1CCN(CCc2ccccc2)CC1)Nc1cc(C(F)(F)F)ccc1N1CCOCC1. The lowest BCUT2D eigenvalue weighted by atomic mass is 10.1.